The summed E-state index contributed by atoms with van der Waals surface area (Å²) in [5, 5.41) is 5.03. The van der Waals surface area contributed by atoms with Gasteiger partial charge in [0.2, 0.25) is 0 Å². The van der Waals surface area contributed by atoms with Crippen molar-refractivity contribution in [3.63, 3.8) is 0 Å². The number of fused-ring (bicyclic) bond motifs is 2. The van der Waals surface area contributed by atoms with Crippen LogP contribution in [-0.2, 0) is 0 Å². The third-order valence-corrected chi connectivity index (χ3v) is 5.17. The minimum absolute atomic E-state index is 0. The molecule has 3 heteroatoms. The third-order valence-electron chi connectivity index (χ3n) is 5.17. The molecule has 5 rings (SSSR count). The van der Waals surface area contributed by atoms with Crippen LogP contribution in [0, 0.1) is 0 Å². The summed E-state index contributed by atoms with van der Waals surface area (Å²) < 4.78 is 0. The van der Waals surface area contributed by atoms with Crippen LogP contribution in [-0.4, -0.2) is 18.8 Å². The molecule has 0 unspecified atom stereocenters. The molecule has 0 saturated carbocycles. The van der Waals surface area contributed by atoms with Crippen LogP contribution in [0.5, 0.6) is 0 Å². The molecule has 0 aliphatic heterocycles. The molecule has 0 fully saturated rings. The van der Waals surface area contributed by atoms with E-state index < -0.39 is 0 Å². The van der Waals surface area contributed by atoms with E-state index >= 15 is 0 Å². The third kappa shape index (κ3) is 3.42. The first-order chi connectivity index (χ1) is 13.3. The summed E-state index contributed by atoms with van der Waals surface area (Å²) in [5.41, 5.74) is 5.71. The van der Waals surface area contributed by atoms with E-state index in [2.05, 4.69) is 91.0 Å². The van der Waals surface area contributed by atoms with E-state index in [0.717, 1.165) is 11.0 Å². The molecule has 0 spiro atoms. The van der Waals surface area contributed by atoms with Gasteiger partial charge in [-0.2, -0.15) is 0 Å². The Morgan fingerprint density at radius 2 is 0.828 bits per heavy atom. The molecular formula is C26H19BO2. The maximum atomic E-state index is 6.11. The van der Waals surface area contributed by atoms with Gasteiger partial charge >= 0.3 is 160 Å². The minimum Gasteiger partial charge on any atom is -0.870 e. The fourth-order valence-corrected chi connectivity index (χ4v) is 4.05. The second-order valence-corrected chi connectivity index (χ2v) is 6.83. The Labute approximate surface area is 171 Å². The summed E-state index contributed by atoms with van der Waals surface area (Å²) in [6, 6.07) is 36.2. The Kier molecular flexibility index (Phi) is 5.83. The van der Waals surface area contributed by atoms with Gasteiger partial charge < -0.3 is 11.0 Å². The average Bonchev–Trinajstić information content (AvgIpc) is 2.72. The van der Waals surface area contributed by atoms with Gasteiger partial charge in [0, 0.05) is 0 Å². The molecule has 0 saturated heterocycles. The molecule has 29 heavy (non-hydrogen) atoms. The SMILES string of the molecule is [B+2]c1cccc(-c2c3ccccc3c(-c3ccccc3)c3ccccc23)c1.[OH-].[OH-]. The summed E-state index contributed by atoms with van der Waals surface area (Å²) in [4.78, 5) is 0. The standard InChI is InChI=1S/C26H17B.2H2O/c27-20-12-8-11-19(17-20)26-23-15-6-4-13-21(23)25(18-9-2-1-3-10-18)22-14-5-7-16-24(22)26;;/h1-17H;2*1H2/q+2;;/p-2. The van der Waals surface area contributed by atoms with Gasteiger partial charge in [-0.15, -0.1) is 0 Å². The molecule has 0 atom stereocenters. The molecule has 2 N–H and O–H groups in total. The molecule has 5 aromatic carbocycles. The summed E-state index contributed by atoms with van der Waals surface area (Å²) in [7, 11) is 6.11. The van der Waals surface area contributed by atoms with Crippen molar-refractivity contribution in [1.82, 2.24) is 0 Å². The smallest absolute Gasteiger partial charge is 0.870 e. The summed E-state index contributed by atoms with van der Waals surface area (Å²) in [5.74, 6) is 0. The van der Waals surface area contributed by atoms with Crippen molar-refractivity contribution >= 4 is 34.9 Å². The van der Waals surface area contributed by atoms with E-state index in [1.807, 2.05) is 12.1 Å². The molecule has 138 valence electrons. The maximum absolute atomic E-state index is 6.11. The predicted molar refractivity (Wildman–Crippen MR) is 122 cm³/mol. The van der Waals surface area contributed by atoms with Crippen LogP contribution < -0.4 is 5.46 Å². The number of hydrogen-bond donors (Lipinski definition) is 0. The quantitative estimate of drug-likeness (QED) is 0.291. The van der Waals surface area contributed by atoms with E-state index in [0.29, 0.717) is 0 Å². The predicted octanol–water partition coefficient (Wildman–Crippen LogP) is 5.77. The molecule has 5 aromatic rings. The van der Waals surface area contributed by atoms with Crippen LogP contribution in [0.3, 0.4) is 0 Å². The molecular weight excluding hydrogens is 355 g/mol. The Bertz CT molecular complexity index is 1220. The van der Waals surface area contributed by atoms with Crippen molar-refractivity contribution < 1.29 is 11.0 Å². The van der Waals surface area contributed by atoms with Gasteiger partial charge in [0.1, 0.15) is 0 Å². The molecule has 0 aromatic heterocycles. The van der Waals surface area contributed by atoms with Crippen LogP contribution in [0.25, 0.3) is 43.8 Å². The Morgan fingerprint density at radius 3 is 1.31 bits per heavy atom. The van der Waals surface area contributed by atoms with E-state index in [1.54, 1.807) is 0 Å². The second kappa shape index (κ2) is 8.32. The van der Waals surface area contributed by atoms with Crippen LogP contribution in [0.1, 0.15) is 0 Å². The van der Waals surface area contributed by atoms with Crippen LogP contribution in [0.4, 0.5) is 0 Å². The van der Waals surface area contributed by atoms with Crippen molar-refractivity contribution in [3.05, 3.63) is 103 Å². The maximum Gasteiger partial charge on any atom is -0.870 e. The first-order valence-electron chi connectivity index (χ1n) is 9.18. The number of rotatable bonds is 2. The fraction of sp³-hybridized carbons (Fsp3) is 0. The van der Waals surface area contributed by atoms with Crippen LogP contribution in [0.2, 0.25) is 0 Å². The van der Waals surface area contributed by atoms with Gasteiger partial charge in [-0.1, -0.05) is 0 Å². The first kappa shape index (κ1) is 20.3. The van der Waals surface area contributed by atoms with Crippen molar-refractivity contribution in [2.45, 2.75) is 0 Å². The van der Waals surface area contributed by atoms with Crippen LogP contribution >= 0.6 is 0 Å². The zero-order chi connectivity index (χ0) is 18.2. The summed E-state index contributed by atoms with van der Waals surface area (Å²) in [6.07, 6.45) is 0. The average molecular weight is 374 g/mol. The Morgan fingerprint density at radius 1 is 0.414 bits per heavy atom. The Hall–Kier alpha value is -3.40. The normalized spacial score (nSPS) is 10.4. The van der Waals surface area contributed by atoms with Gasteiger partial charge in [0.15, 0.2) is 0 Å². The Balaban J connectivity index is 0.00000120. The largest absolute Gasteiger partial charge is 0.870 e. The first-order valence-corrected chi connectivity index (χ1v) is 9.18. The van der Waals surface area contributed by atoms with E-state index in [1.165, 1.54) is 38.2 Å². The summed E-state index contributed by atoms with van der Waals surface area (Å²) in [6.45, 7) is 0. The molecule has 0 radical (unpaired) electrons. The topological polar surface area (TPSA) is 60.0 Å². The second-order valence-electron chi connectivity index (χ2n) is 6.83. The van der Waals surface area contributed by atoms with Gasteiger partial charge in [0.05, 0.1) is 0 Å². The van der Waals surface area contributed by atoms with E-state index in [4.69, 9.17) is 7.85 Å². The van der Waals surface area contributed by atoms with Gasteiger partial charge in [-0.3, -0.25) is 0 Å². The molecule has 0 aliphatic carbocycles. The van der Waals surface area contributed by atoms with Gasteiger partial charge in [-0.05, 0) is 0 Å². The molecule has 0 amide bonds. The molecule has 2 nitrogen and oxygen atoms in total. The zero-order valence-corrected chi connectivity index (χ0v) is 15.8. The minimum atomic E-state index is 0. The van der Waals surface area contributed by atoms with Crippen molar-refractivity contribution in [3.8, 4) is 22.3 Å². The van der Waals surface area contributed by atoms with E-state index in [9.17, 15) is 0 Å². The van der Waals surface area contributed by atoms with Gasteiger partial charge in [-0.25, -0.2) is 0 Å². The zero-order valence-electron chi connectivity index (χ0n) is 15.8. The van der Waals surface area contributed by atoms with Crippen molar-refractivity contribution in [2.75, 3.05) is 0 Å². The van der Waals surface area contributed by atoms with Gasteiger partial charge in [0.25, 0.3) is 0 Å². The number of benzene rings is 5. The van der Waals surface area contributed by atoms with E-state index in [-0.39, 0.29) is 11.0 Å². The van der Waals surface area contributed by atoms with Crippen molar-refractivity contribution in [1.29, 1.82) is 0 Å². The van der Waals surface area contributed by atoms with Crippen molar-refractivity contribution in [2.24, 2.45) is 0 Å². The molecule has 0 bridgehead atoms. The summed E-state index contributed by atoms with van der Waals surface area (Å²) >= 11 is 0. The molecule has 0 heterocycles. The van der Waals surface area contributed by atoms with Crippen LogP contribution in [0.15, 0.2) is 103 Å². The molecule has 0 aliphatic rings. The number of hydrogen-bond acceptors (Lipinski definition) is 2. The monoisotopic (exact) mass is 374 g/mol. The fourth-order valence-electron chi connectivity index (χ4n) is 4.05.